The second-order valence-electron chi connectivity index (χ2n) is 5.63. The van der Waals surface area contributed by atoms with Crippen molar-refractivity contribution in [3.8, 4) is 0 Å². The zero-order valence-corrected chi connectivity index (χ0v) is 12.8. The molecule has 1 aromatic heterocycles. The summed E-state index contributed by atoms with van der Waals surface area (Å²) in [6.07, 6.45) is 7.69. The number of benzene rings is 1. The van der Waals surface area contributed by atoms with Crippen LogP contribution in [0.5, 0.6) is 0 Å². The first-order valence-electron chi connectivity index (χ1n) is 7.95. The number of hydrogen-bond donors (Lipinski definition) is 1. The normalized spacial score (nSPS) is 14.6. The number of nitrogens with one attached hydrogen (secondary N) is 1. The van der Waals surface area contributed by atoms with Gasteiger partial charge in [-0.15, -0.1) is 0 Å². The monoisotopic (exact) mass is 284 g/mol. The molecule has 4 nitrogen and oxygen atoms in total. The summed E-state index contributed by atoms with van der Waals surface area (Å²) < 4.78 is 2.22. The summed E-state index contributed by atoms with van der Waals surface area (Å²) in [7, 11) is 0. The second-order valence-corrected chi connectivity index (χ2v) is 5.63. The maximum Gasteiger partial charge on any atom is 0.128 e. The molecule has 4 heteroatoms. The van der Waals surface area contributed by atoms with Crippen molar-refractivity contribution in [2.24, 2.45) is 0 Å². The van der Waals surface area contributed by atoms with Gasteiger partial charge in [0, 0.05) is 43.4 Å². The number of anilines is 2. The van der Waals surface area contributed by atoms with Gasteiger partial charge in [-0.05, 0) is 37.5 Å². The van der Waals surface area contributed by atoms with E-state index in [-0.39, 0.29) is 0 Å². The molecule has 21 heavy (non-hydrogen) atoms. The third-order valence-corrected chi connectivity index (χ3v) is 4.03. The molecule has 0 spiro atoms. The first-order valence-corrected chi connectivity index (χ1v) is 7.95. The van der Waals surface area contributed by atoms with Crippen LogP contribution < -0.4 is 10.2 Å². The molecule has 0 aliphatic carbocycles. The quantitative estimate of drug-likeness (QED) is 0.881. The minimum atomic E-state index is 0.774. The lowest BCUT2D eigenvalue weighted by Gasteiger charge is -2.18. The molecule has 0 unspecified atom stereocenters. The molecule has 112 valence electrons. The fourth-order valence-corrected chi connectivity index (χ4v) is 2.92. The van der Waals surface area contributed by atoms with Crippen LogP contribution in [0.25, 0.3) is 0 Å². The molecule has 2 aromatic rings. The standard InChI is InChI=1S/C17H24N4/c1-2-9-21-12-8-18-17(21)14-19-15-6-5-7-16(13-15)20-10-3-4-11-20/h5-8,12-13,19H,2-4,9-11,14H2,1H3. The maximum atomic E-state index is 4.44. The highest BCUT2D eigenvalue weighted by Crippen LogP contribution is 2.23. The predicted molar refractivity (Wildman–Crippen MR) is 87.7 cm³/mol. The van der Waals surface area contributed by atoms with Crippen molar-refractivity contribution in [1.29, 1.82) is 0 Å². The van der Waals surface area contributed by atoms with Crippen LogP contribution in [-0.2, 0) is 13.1 Å². The smallest absolute Gasteiger partial charge is 0.128 e. The topological polar surface area (TPSA) is 33.1 Å². The number of aromatic nitrogens is 2. The van der Waals surface area contributed by atoms with Crippen molar-refractivity contribution in [2.75, 3.05) is 23.3 Å². The maximum absolute atomic E-state index is 4.44. The molecular weight excluding hydrogens is 260 g/mol. The van der Waals surface area contributed by atoms with E-state index < -0.39 is 0 Å². The number of aryl methyl sites for hydroxylation is 1. The van der Waals surface area contributed by atoms with Gasteiger partial charge in [0.1, 0.15) is 5.82 Å². The minimum Gasteiger partial charge on any atom is -0.378 e. The molecule has 1 aliphatic rings. The van der Waals surface area contributed by atoms with E-state index in [4.69, 9.17) is 0 Å². The molecule has 0 bridgehead atoms. The van der Waals surface area contributed by atoms with E-state index in [2.05, 4.69) is 57.2 Å². The summed E-state index contributed by atoms with van der Waals surface area (Å²) in [5, 5.41) is 3.50. The van der Waals surface area contributed by atoms with Gasteiger partial charge in [0.2, 0.25) is 0 Å². The Balaban J connectivity index is 1.64. The van der Waals surface area contributed by atoms with E-state index in [1.54, 1.807) is 0 Å². The van der Waals surface area contributed by atoms with Crippen molar-refractivity contribution in [2.45, 2.75) is 39.3 Å². The molecule has 0 atom stereocenters. The summed E-state index contributed by atoms with van der Waals surface area (Å²) in [5.74, 6) is 1.10. The first kappa shape index (κ1) is 14.0. The average Bonchev–Trinajstić information content (AvgIpc) is 3.18. The van der Waals surface area contributed by atoms with Crippen LogP contribution in [0.1, 0.15) is 32.0 Å². The molecule has 0 amide bonds. The van der Waals surface area contributed by atoms with E-state index in [9.17, 15) is 0 Å². The Morgan fingerprint density at radius 3 is 2.90 bits per heavy atom. The van der Waals surface area contributed by atoms with Crippen LogP contribution in [0.4, 0.5) is 11.4 Å². The lowest BCUT2D eigenvalue weighted by Crippen LogP contribution is -2.17. The molecule has 0 saturated carbocycles. The average molecular weight is 284 g/mol. The molecule has 3 rings (SSSR count). The Morgan fingerprint density at radius 1 is 1.24 bits per heavy atom. The number of imidazole rings is 1. The summed E-state index contributed by atoms with van der Waals surface area (Å²) in [4.78, 5) is 6.90. The Morgan fingerprint density at radius 2 is 2.10 bits per heavy atom. The van der Waals surface area contributed by atoms with Gasteiger partial charge in [0.15, 0.2) is 0 Å². The Hall–Kier alpha value is -1.97. The Kier molecular flexibility index (Phi) is 4.43. The lowest BCUT2D eigenvalue weighted by atomic mass is 10.2. The summed E-state index contributed by atoms with van der Waals surface area (Å²) in [5.41, 5.74) is 2.50. The highest BCUT2D eigenvalue weighted by atomic mass is 15.1. The molecule has 1 aromatic carbocycles. The summed E-state index contributed by atoms with van der Waals surface area (Å²) in [6.45, 7) is 6.37. The zero-order valence-electron chi connectivity index (χ0n) is 12.8. The zero-order chi connectivity index (χ0) is 14.5. The van der Waals surface area contributed by atoms with E-state index in [0.29, 0.717) is 0 Å². The summed E-state index contributed by atoms with van der Waals surface area (Å²) in [6, 6.07) is 8.72. The van der Waals surface area contributed by atoms with Crippen molar-refractivity contribution in [3.63, 3.8) is 0 Å². The van der Waals surface area contributed by atoms with Gasteiger partial charge in [-0.2, -0.15) is 0 Å². The van der Waals surface area contributed by atoms with Crippen LogP contribution >= 0.6 is 0 Å². The van der Waals surface area contributed by atoms with Crippen molar-refractivity contribution < 1.29 is 0 Å². The molecule has 1 aliphatic heterocycles. The van der Waals surface area contributed by atoms with Gasteiger partial charge < -0.3 is 14.8 Å². The van der Waals surface area contributed by atoms with Crippen molar-refractivity contribution in [1.82, 2.24) is 9.55 Å². The highest BCUT2D eigenvalue weighted by molar-refractivity contribution is 5.58. The van der Waals surface area contributed by atoms with Crippen LogP contribution in [-0.4, -0.2) is 22.6 Å². The van der Waals surface area contributed by atoms with Gasteiger partial charge in [-0.25, -0.2) is 4.98 Å². The second kappa shape index (κ2) is 6.66. The van der Waals surface area contributed by atoms with Gasteiger partial charge in [-0.1, -0.05) is 13.0 Å². The third kappa shape index (κ3) is 3.38. The fourth-order valence-electron chi connectivity index (χ4n) is 2.92. The third-order valence-electron chi connectivity index (χ3n) is 4.03. The molecule has 1 saturated heterocycles. The van der Waals surface area contributed by atoms with E-state index in [1.807, 2.05) is 6.20 Å². The highest BCUT2D eigenvalue weighted by Gasteiger charge is 2.12. The van der Waals surface area contributed by atoms with Gasteiger partial charge >= 0.3 is 0 Å². The van der Waals surface area contributed by atoms with E-state index >= 15 is 0 Å². The molecular formula is C17H24N4. The van der Waals surface area contributed by atoms with Gasteiger partial charge in [0.25, 0.3) is 0 Å². The number of nitrogens with zero attached hydrogens (tertiary/aromatic N) is 3. The number of rotatable bonds is 6. The molecule has 2 heterocycles. The minimum absolute atomic E-state index is 0.774. The Labute approximate surface area is 126 Å². The predicted octanol–water partition coefficient (Wildman–Crippen LogP) is 3.51. The first-order chi connectivity index (χ1) is 10.4. The lowest BCUT2D eigenvalue weighted by molar-refractivity contribution is 0.644. The number of hydrogen-bond acceptors (Lipinski definition) is 3. The summed E-state index contributed by atoms with van der Waals surface area (Å²) >= 11 is 0. The SMILES string of the molecule is CCCn1ccnc1CNc1cccc(N2CCCC2)c1. The van der Waals surface area contributed by atoms with Crippen molar-refractivity contribution in [3.05, 3.63) is 42.5 Å². The van der Waals surface area contributed by atoms with E-state index in [0.717, 1.165) is 25.3 Å². The fraction of sp³-hybridized carbons (Fsp3) is 0.471. The van der Waals surface area contributed by atoms with Gasteiger partial charge in [-0.3, -0.25) is 0 Å². The van der Waals surface area contributed by atoms with Crippen molar-refractivity contribution >= 4 is 11.4 Å². The molecule has 1 N–H and O–H groups in total. The van der Waals surface area contributed by atoms with Crippen LogP contribution in [0, 0.1) is 0 Å². The molecule has 1 fully saturated rings. The molecule has 0 radical (unpaired) electrons. The van der Waals surface area contributed by atoms with Crippen LogP contribution in [0.3, 0.4) is 0 Å². The largest absolute Gasteiger partial charge is 0.378 e. The Bertz CT molecular complexity index is 570. The van der Waals surface area contributed by atoms with Gasteiger partial charge in [0.05, 0.1) is 6.54 Å². The van der Waals surface area contributed by atoms with Crippen LogP contribution in [0.2, 0.25) is 0 Å². The van der Waals surface area contributed by atoms with Crippen LogP contribution in [0.15, 0.2) is 36.7 Å². The van der Waals surface area contributed by atoms with E-state index in [1.165, 1.54) is 37.3 Å².